The van der Waals surface area contributed by atoms with E-state index in [2.05, 4.69) is 0 Å². The van der Waals surface area contributed by atoms with Crippen molar-refractivity contribution < 1.29 is 9.53 Å². The van der Waals surface area contributed by atoms with Crippen molar-refractivity contribution in [1.82, 2.24) is 4.90 Å². The molecule has 0 bridgehead atoms. The zero-order valence-electron chi connectivity index (χ0n) is 12.0. The third-order valence-corrected chi connectivity index (χ3v) is 3.67. The van der Waals surface area contributed by atoms with Crippen LogP contribution in [-0.4, -0.2) is 17.4 Å². The molecule has 2 aromatic rings. The SMILES string of the molecule is O=C1CCCCN1Cc1cccc(Oc2ccccc2)c1. The van der Waals surface area contributed by atoms with Gasteiger partial charge in [0, 0.05) is 19.5 Å². The number of rotatable bonds is 4. The molecule has 1 fully saturated rings. The summed E-state index contributed by atoms with van der Waals surface area (Å²) in [5.74, 6) is 1.89. The topological polar surface area (TPSA) is 29.5 Å². The zero-order valence-corrected chi connectivity index (χ0v) is 12.0. The van der Waals surface area contributed by atoms with Crippen molar-refractivity contribution in [1.29, 1.82) is 0 Å². The predicted octanol–water partition coefficient (Wildman–Crippen LogP) is 3.99. The van der Waals surface area contributed by atoms with Crippen molar-refractivity contribution in [2.75, 3.05) is 6.54 Å². The van der Waals surface area contributed by atoms with Crippen LogP contribution in [0.4, 0.5) is 0 Å². The molecule has 1 saturated heterocycles. The van der Waals surface area contributed by atoms with Crippen molar-refractivity contribution in [3.8, 4) is 11.5 Å². The molecular formula is C18H19NO2. The van der Waals surface area contributed by atoms with E-state index in [1.165, 1.54) is 0 Å². The Morgan fingerprint density at radius 1 is 0.952 bits per heavy atom. The highest BCUT2D eigenvalue weighted by molar-refractivity contribution is 5.76. The molecule has 0 saturated carbocycles. The first-order valence-electron chi connectivity index (χ1n) is 7.41. The molecule has 1 amide bonds. The molecule has 0 N–H and O–H groups in total. The summed E-state index contributed by atoms with van der Waals surface area (Å²) in [7, 11) is 0. The van der Waals surface area contributed by atoms with E-state index in [0.29, 0.717) is 13.0 Å². The normalized spacial score (nSPS) is 15.0. The number of hydrogen-bond acceptors (Lipinski definition) is 2. The largest absolute Gasteiger partial charge is 0.457 e. The lowest BCUT2D eigenvalue weighted by Crippen LogP contribution is -2.34. The molecule has 1 heterocycles. The first kappa shape index (κ1) is 13.7. The highest BCUT2D eigenvalue weighted by Crippen LogP contribution is 2.23. The molecule has 0 aromatic heterocycles. The molecule has 0 radical (unpaired) electrons. The van der Waals surface area contributed by atoms with Crippen molar-refractivity contribution in [2.24, 2.45) is 0 Å². The van der Waals surface area contributed by atoms with E-state index in [1.807, 2.05) is 59.5 Å². The smallest absolute Gasteiger partial charge is 0.222 e. The van der Waals surface area contributed by atoms with Gasteiger partial charge in [-0.15, -0.1) is 0 Å². The van der Waals surface area contributed by atoms with Gasteiger partial charge < -0.3 is 9.64 Å². The van der Waals surface area contributed by atoms with Gasteiger partial charge in [0.15, 0.2) is 0 Å². The third-order valence-electron chi connectivity index (χ3n) is 3.67. The van der Waals surface area contributed by atoms with Gasteiger partial charge in [-0.2, -0.15) is 0 Å². The van der Waals surface area contributed by atoms with Crippen LogP contribution in [0.15, 0.2) is 54.6 Å². The Kier molecular flexibility index (Phi) is 4.20. The summed E-state index contributed by atoms with van der Waals surface area (Å²) in [4.78, 5) is 13.8. The van der Waals surface area contributed by atoms with Gasteiger partial charge in [-0.25, -0.2) is 0 Å². The first-order valence-corrected chi connectivity index (χ1v) is 7.41. The van der Waals surface area contributed by atoms with Crippen molar-refractivity contribution in [2.45, 2.75) is 25.8 Å². The first-order chi connectivity index (χ1) is 10.3. The van der Waals surface area contributed by atoms with Crippen LogP contribution in [-0.2, 0) is 11.3 Å². The average molecular weight is 281 g/mol. The number of benzene rings is 2. The second-order valence-electron chi connectivity index (χ2n) is 5.33. The lowest BCUT2D eigenvalue weighted by molar-refractivity contribution is -0.133. The minimum Gasteiger partial charge on any atom is -0.457 e. The third kappa shape index (κ3) is 3.63. The fourth-order valence-electron chi connectivity index (χ4n) is 2.58. The minimum atomic E-state index is 0.260. The van der Waals surface area contributed by atoms with Crippen LogP contribution in [0.1, 0.15) is 24.8 Å². The Morgan fingerprint density at radius 3 is 2.57 bits per heavy atom. The van der Waals surface area contributed by atoms with Crippen LogP contribution in [0.25, 0.3) is 0 Å². The average Bonchev–Trinajstić information content (AvgIpc) is 2.51. The molecule has 3 nitrogen and oxygen atoms in total. The van der Waals surface area contributed by atoms with Gasteiger partial charge in [-0.1, -0.05) is 30.3 Å². The number of carbonyl (C=O) groups is 1. The molecular weight excluding hydrogens is 262 g/mol. The van der Waals surface area contributed by atoms with Gasteiger partial charge >= 0.3 is 0 Å². The molecule has 1 aliphatic heterocycles. The molecule has 2 aromatic carbocycles. The minimum absolute atomic E-state index is 0.260. The van der Waals surface area contributed by atoms with Gasteiger partial charge in [-0.05, 0) is 42.7 Å². The van der Waals surface area contributed by atoms with E-state index in [1.54, 1.807) is 0 Å². The lowest BCUT2D eigenvalue weighted by atomic mass is 10.1. The number of hydrogen-bond donors (Lipinski definition) is 0. The number of ether oxygens (including phenoxy) is 1. The lowest BCUT2D eigenvalue weighted by Gasteiger charge is -2.26. The standard InChI is InChI=1S/C18H19NO2/c20-18-11-4-5-12-19(18)14-15-7-6-10-17(13-15)21-16-8-2-1-3-9-16/h1-3,6-10,13H,4-5,11-12,14H2. The summed E-state index contributed by atoms with van der Waals surface area (Å²) < 4.78 is 5.83. The molecule has 0 atom stereocenters. The van der Waals surface area contributed by atoms with Crippen molar-refractivity contribution in [3.05, 3.63) is 60.2 Å². The van der Waals surface area contributed by atoms with Gasteiger partial charge in [0.25, 0.3) is 0 Å². The van der Waals surface area contributed by atoms with Crippen LogP contribution in [0.5, 0.6) is 11.5 Å². The van der Waals surface area contributed by atoms with Crippen LogP contribution < -0.4 is 4.74 Å². The molecule has 3 heteroatoms. The number of piperidine rings is 1. The molecule has 108 valence electrons. The van der Waals surface area contributed by atoms with Gasteiger partial charge in [0.2, 0.25) is 5.91 Å². The maximum absolute atomic E-state index is 11.9. The Bertz CT molecular complexity index is 610. The molecule has 3 rings (SSSR count). The number of carbonyl (C=O) groups excluding carboxylic acids is 1. The number of nitrogens with zero attached hydrogens (tertiary/aromatic N) is 1. The molecule has 1 aliphatic rings. The fourth-order valence-corrected chi connectivity index (χ4v) is 2.58. The molecule has 21 heavy (non-hydrogen) atoms. The molecule has 0 spiro atoms. The number of amides is 1. The maximum atomic E-state index is 11.9. The van der Waals surface area contributed by atoms with Crippen molar-refractivity contribution >= 4 is 5.91 Å². The van der Waals surface area contributed by atoms with Crippen LogP contribution in [0, 0.1) is 0 Å². The van der Waals surface area contributed by atoms with Gasteiger partial charge in [0.05, 0.1) is 0 Å². The summed E-state index contributed by atoms with van der Waals surface area (Å²) in [6.07, 6.45) is 2.80. The second-order valence-corrected chi connectivity index (χ2v) is 5.33. The second kappa shape index (κ2) is 6.44. The van der Waals surface area contributed by atoms with E-state index in [-0.39, 0.29) is 5.91 Å². The predicted molar refractivity (Wildman–Crippen MR) is 82.2 cm³/mol. The van der Waals surface area contributed by atoms with Crippen LogP contribution in [0.3, 0.4) is 0 Å². The molecule has 0 unspecified atom stereocenters. The van der Waals surface area contributed by atoms with E-state index >= 15 is 0 Å². The zero-order chi connectivity index (χ0) is 14.5. The summed E-state index contributed by atoms with van der Waals surface area (Å²) in [5, 5.41) is 0. The summed E-state index contributed by atoms with van der Waals surface area (Å²) in [6, 6.07) is 17.7. The van der Waals surface area contributed by atoms with E-state index in [0.717, 1.165) is 36.4 Å². The highest BCUT2D eigenvalue weighted by Gasteiger charge is 2.17. The summed E-state index contributed by atoms with van der Waals surface area (Å²) >= 11 is 0. The van der Waals surface area contributed by atoms with Gasteiger partial charge in [0.1, 0.15) is 11.5 Å². The van der Waals surface area contributed by atoms with E-state index < -0.39 is 0 Å². The monoisotopic (exact) mass is 281 g/mol. The van der Waals surface area contributed by atoms with Crippen molar-refractivity contribution in [3.63, 3.8) is 0 Å². The number of likely N-dealkylation sites (tertiary alicyclic amines) is 1. The van der Waals surface area contributed by atoms with Gasteiger partial charge in [-0.3, -0.25) is 4.79 Å². The Labute approximate surface area is 125 Å². The Balaban J connectivity index is 1.69. The van der Waals surface area contributed by atoms with Crippen LogP contribution in [0.2, 0.25) is 0 Å². The van der Waals surface area contributed by atoms with E-state index in [4.69, 9.17) is 4.74 Å². The van der Waals surface area contributed by atoms with Crippen LogP contribution >= 0.6 is 0 Å². The maximum Gasteiger partial charge on any atom is 0.222 e. The number of para-hydroxylation sites is 1. The fraction of sp³-hybridized carbons (Fsp3) is 0.278. The highest BCUT2D eigenvalue weighted by atomic mass is 16.5. The summed E-state index contributed by atoms with van der Waals surface area (Å²) in [5.41, 5.74) is 1.11. The Hall–Kier alpha value is -2.29. The quantitative estimate of drug-likeness (QED) is 0.848. The Morgan fingerprint density at radius 2 is 1.76 bits per heavy atom. The molecule has 0 aliphatic carbocycles. The summed E-state index contributed by atoms with van der Waals surface area (Å²) in [6.45, 7) is 1.54. The van der Waals surface area contributed by atoms with E-state index in [9.17, 15) is 4.79 Å².